The van der Waals surface area contributed by atoms with Crippen molar-refractivity contribution in [2.24, 2.45) is 5.92 Å². The third-order valence-corrected chi connectivity index (χ3v) is 6.59. The molecule has 0 unspecified atom stereocenters. The van der Waals surface area contributed by atoms with E-state index in [1.165, 1.54) is 0 Å². The molecule has 0 N–H and O–H groups in total. The molecule has 0 heterocycles. The summed E-state index contributed by atoms with van der Waals surface area (Å²) >= 11 is 0. The molecule has 0 bridgehead atoms. The monoisotopic (exact) mass is 528 g/mol. The average molecular weight is 529 g/mol. The molecule has 3 aromatic carbocycles. The average Bonchev–Trinajstić information content (AvgIpc) is 2.99. The fourth-order valence-corrected chi connectivity index (χ4v) is 4.42. The lowest BCUT2D eigenvalue weighted by Gasteiger charge is -2.15. The van der Waals surface area contributed by atoms with E-state index >= 15 is 0 Å². The molecule has 6 nitrogen and oxygen atoms in total. The molecule has 0 spiro atoms. The highest BCUT2D eigenvalue weighted by Gasteiger charge is 2.27. The van der Waals surface area contributed by atoms with E-state index in [2.05, 4.69) is 9.78 Å². The fourth-order valence-electron chi connectivity index (χ4n) is 4.42. The van der Waals surface area contributed by atoms with Gasteiger partial charge in [-0.1, -0.05) is 124 Å². The van der Waals surface area contributed by atoms with E-state index in [0.717, 1.165) is 44.9 Å². The Morgan fingerprint density at radius 2 is 0.897 bits per heavy atom. The number of carbonyl (C=O) groups is 4. The molecule has 6 heteroatoms. The number of hydrogen-bond donors (Lipinski definition) is 0. The van der Waals surface area contributed by atoms with Crippen molar-refractivity contribution < 1.29 is 29.0 Å². The summed E-state index contributed by atoms with van der Waals surface area (Å²) in [6, 6.07) is 26.4. The molecule has 0 aliphatic heterocycles. The van der Waals surface area contributed by atoms with E-state index in [-0.39, 0.29) is 18.0 Å². The van der Waals surface area contributed by atoms with Gasteiger partial charge in [-0.15, -0.1) is 0 Å². The highest BCUT2D eigenvalue weighted by Crippen LogP contribution is 2.22. The van der Waals surface area contributed by atoms with Crippen LogP contribution in [0.25, 0.3) is 0 Å². The van der Waals surface area contributed by atoms with Gasteiger partial charge >= 0.3 is 11.9 Å². The van der Waals surface area contributed by atoms with E-state index in [1.807, 2.05) is 36.4 Å². The molecule has 0 saturated carbocycles. The highest BCUT2D eigenvalue weighted by atomic mass is 17.2. The van der Waals surface area contributed by atoms with Crippen LogP contribution in [-0.4, -0.2) is 23.5 Å². The second kappa shape index (κ2) is 16.7. The predicted octanol–water partition coefficient (Wildman–Crippen LogP) is 7.58. The number of Topliss-reactive ketones (excluding diaryl/α,β-unsaturated/α-hetero) is 2. The molecule has 204 valence electrons. The van der Waals surface area contributed by atoms with E-state index in [4.69, 9.17) is 0 Å². The molecular weight excluding hydrogens is 492 g/mol. The Balaban J connectivity index is 1.28. The minimum Gasteiger partial charge on any atom is -0.293 e. The van der Waals surface area contributed by atoms with Crippen molar-refractivity contribution in [3.8, 4) is 0 Å². The van der Waals surface area contributed by atoms with Gasteiger partial charge in [0.1, 0.15) is 0 Å². The summed E-state index contributed by atoms with van der Waals surface area (Å²) in [6.45, 7) is 0. The Labute approximate surface area is 230 Å². The first kappa shape index (κ1) is 29.5. The number of ketones is 2. The van der Waals surface area contributed by atoms with Crippen molar-refractivity contribution in [1.29, 1.82) is 0 Å². The maximum Gasteiger partial charge on any atom is 0.386 e. The lowest BCUT2D eigenvalue weighted by Crippen LogP contribution is -2.24. The normalized spacial score (nSPS) is 10.7. The topological polar surface area (TPSA) is 86.7 Å². The van der Waals surface area contributed by atoms with E-state index < -0.39 is 17.9 Å². The number of rotatable bonds is 16. The van der Waals surface area contributed by atoms with Gasteiger partial charge in [0, 0.05) is 11.1 Å². The molecule has 0 amide bonds. The summed E-state index contributed by atoms with van der Waals surface area (Å²) in [6.07, 6.45) is 8.22. The molecule has 3 rings (SSSR count). The van der Waals surface area contributed by atoms with Crippen molar-refractivity contribution in [3.63, 3.8) is 0 Å². The minimum atomic E-state index is -0.691. The van der Waals surface area contributed by atoms with Crippen LogP contribution in [0.4, 0.5) is 0 Å². The Morgan fingerprint density at radius 3 is 1.38 bits per heavy atom. The number of hydrogen-bond acceptors (Lipinski definition) is 6. The quantitative estimate of drug-likeness (QED) is 0.0626. The van der Waals surface area contributed by atoms with Crippen LogP contribution in [0.15, 0.2) is 91.0 Å². The van der Waals surface area contributed by atoms with Crippen molar-refractivity contribution in [2.45, 2.75) is 64.2 Å². The van der Waals surface area contributed by atoms with Crippen molar-refractivity contribution in [3.05, 3.63) is 108 Å². The summed E-state index contributed by atoms with van der Waals surface area (Å²) in [5.74, 6) is -2.13. The van der Waals surface area contributed by atoms with Gasteiger partial charge in [-0.25, -0.2) is 19.4 Å². The van der Waals surface area contributed by atoms with Crippen LogP contribution in [0.3, 0.4) is 0 Å². The van der Waals surface area contributed by atoms with E-state index in [0.29, 0.717) is 29.5 Å². The third kappa shape index (κ3) is 10.3. The molecule has 0 radical (unpaired) electrons. The zero-order chi connectivity index (χ0) is 27.7. The predicted molar refractivity (Wildman–Crippen MR) is 149 cm³/mol. The van der Waals surface area contributed by atoms with Crippen LogP contribution in [0.5, 0.6) is 0 Å². The summed E-state index contributed by atoms with van der Waals surface area (Å²) in [4.78, 5) is 59.0. The second-order valence-corrected chi connectivity index (χ2v) is 9.57. The van der Waals surface area contributed by atoms with Crippen LogP contribution in [0.2, 0.25) is 0 Å². The van der Waals surface area contributed by atoms with Crippen molar-refractivity contribution >= 4 is 23.5 Å². The van der Waals surface area contributed by atoms with Gasteiger partial charge in [-0.2, -0.15) is 0 Å². The van der Waals surface area contributed by atoms with Crippen molar-refractivity contribution in [1.82, 2.24) is 0 Å². The van der Waals surface area contributed by atoms with Crippen LogP contribution >= 0.6 is 0 Å². The van der Waals surface area contributed by atoms with E-state index in [1.54, 1.807) is 54.6 Å². The number of unbranched alkanes of at least 4 members (excludes halogenated alkanes) is 7. The first-order chi connectivity index (χ1) is 19.1. The maximum absolute atomic E-state index is 13.1. The van der Waals surface area contributed by atoms with Gasteiger partial charge in [0.2, 0.25) is 0 Å². The van der Waals surface area contributed by atoms with Crippen LogP contribution < -0.4 is 0 Å². The lowest BCUT2D eigenvalue weighted by atomic mass is 9.86. The summed E-state index contributed by atoms with van der Waals surface area (Å²) in [5.41, 5.74) is 1.47. The summed E-state index contributed by atoms with van der Waals surface area (Å²) < 4.78 is 0. The van der Waals surface area contributed by atoms with Gasteiger partial charge in [0.25, 0.3) is 0 Å². The fraction of sp³-hybridized carbons (Fsp3) is 0.333. The zero-order valence-corrected chi connectivity index (χ0v) is 22.3. The van der Waals surface area contributed by atoms with E-state index in [9.17, 15) is 19.2 Å². The second-order valence-electron chi connectivity index (χ2n) is 9.57. The molecular formula is C33H36O6. The molecule has 0 aliphatic carbocycles. The SMILES string of the molecule is O=C(CCCCCCCCCCC(C(=O)c1ccccc1)C(=O)c1ccccc1)OOC(=O)c1ccccc1. The van der Waals surface area contributed by atoms with Crippen molar-refractivity contribution in [2.75, 3.05) is 0 Å². The third-order valence-electron chi connectivity index (χ3n) is 6.59. The Bertz CT molecular complexity index is 1120. The Morgan fingerprint density at radius 1 is 0.487 bits per heavy atom. The summed E-state index contributed by atoms with van der Waals surface area (Å²) in [7, 11) is 0. The smallest absolute Gasteiger partial charge is 0.293 e. The molecule has 0 atom stereocenters. The molecule has 0 aromatic heterocycles. The van der Waals surface area contributed by atoms with Crippen LogP contribution in [-0.2, 0) is 14.6 Å². The standard InChI is InChI=1S/C33H36O6/c34-30(38-39-33(37)28-22-14-9-15-23-28)25-17-6-4-2-1-3-5-16-24-29(31(35)26-18-10-7-11-19-26)32(36)27-20-12-8-13-21-27/h7-15,18-23,29H,1-6,16-17,24-25H2. The maximum atomic E-state index is 13.1. The number of benzene rings is 3. The Hall–Kier alpha value is -4.06. The molecule has 3 aromatic rings. The molecule has 0 aliphatic rings. The lowest BCUT2D eigenvalue weighted by molar-refractivity contribution is -0.234. The molecule has 0 saturated heterocycles. The Kier molecular flexibility index (Phi) is 12.6. The van der Waals surface area contributed by atoms with Crippen LogP contribution in [0, 0.1) is 5.92 Å². The molecule has 39 heavy (non-hydrogen) atoms. The summed E-state index contributed by atoms with van der Waals surface area (Å²) in [5, 5.41) is 0. The zero-order valence-electron chi connectivity index (χ0n) is 22.3. The minimum absolute atomic E-state index is 0.113. The first-order valence-electron chi connectivity index (χ1n) is 13.7. The van der Waals surface area contributed by atoms with Gasteiger partial charge in [-0.3, -0.25) is 9.59 Å². The van der Waals surface area contributed by atoms with Gasteiger partial charge in [-0.05, 0) is 25.0 Å². The first-order valence-corrected chi connectivity index (χ1v) is 13.7. The largest absolute Gasteiger partial charge is 0.386 e. The number of carbonyl (C=O) groups excluding carboxylic acids is 4. The highest BCUT2D eigenvalue weighted by molar-refractivity contribution is 6.16. The van der Waals surface area contributed by atoms with Gasteiger partial charge in [0.15, 0.2) is 11.6 Å². The van der Waals surface area contributed by atoms with Gasteiger partial charge < -0.3 is 0 Å². The van der Waals surface area contributed by atoms with Gasteiger partial charge in [0.05, 0.1) is 17.9 Å². The van der Waals surface area contributed by atoms with Crippen LogP contribution in [0.1, 0.15) is 95.3 Å². The molecule has 0 fully saturated rings.